The lowest BCUT2D eigenvalue weighted by Gasteiger charge is -2.14. The van der Waals surface area contributed by atoms with Crippen LogP contribution in [0.5, 0.6) is 0 Å². The van der Waals surface area contributed by atoms with Gasteiger partial charge >= 0.3 is 6.18 Å². The predicted octanol–water partition coefficient (Wildman–Crippen LogP) is 5.71. The zero-order valence-electron chi connectivity index (χ0n) is 13.0. The van der Waals surface area contributed by atoms with Crippen LogP contribution in [-0.4, -0.2) is 11.7 Å². The summed E-state index contributed by atoms with van der Waals surface area (Å²) in [5, 5.41) is 2.27. The summed E-state index contributed by atoms with van der Waals surface area (Å²) in [6.07, 6.45) is -4.59. The maximum atomic E-state index is 13.0. The number of rotatable bonds is 4. The van der Waals surface area contributed by atoms with Crippen molar-refractivity contribution in [3.63, 3.8) is 0 Å². The molecule has 0 saturated heterocycles. The summed E-state index contributed by atoms with van der Waals surface area (Å²) >= 11 is 6.89. The molecule has 0 heterocycles. The number of hydrogen-bond acceptors (Lipinski definition) is 2. The van der Waals surface area contributed by atoms with Gasteiger partial charge in [0.05, 0.1) is 17.0 Å². The van der Waals surface area contributed by atoms with Gasteiger partial charge in [0.25, 0.3) is 0 Å². The van der Waals surface area contributed by atoms with Crippen LogP contribution in [0.3, 0.4) is 0 Å². The molecule has 0 aliphatic carbocycles. The van der Waals surface area contributed by atoms with Gasteiger partial charge in [0.2, 0.25) is 5.91 Å². The fourth-order valence-electron chi connectivity index (χ4n) is 2.15. The van der Waals surface area contributed by atoms with Crippen LogP contribution in [-0.2, 0) is 11.0 Å². The topological polar surface area (TPSA) is 29.1 Å². The number of benzene rings is 2. The number of carbonyl (C=O) groups excluding carboxylic acids is 1. The van der Waals surface area contributed by atoms with Crippen LogP contribution in [0.1, 0.15) is 16.7 Å². The fraction of sp³-hybridized carbons (Fsp3) is 0.235. The second-order valence-corrected chi connectivity index (χ2v) is 6.75. The molecule has 2 aromatic carbocycles. The van der Waals surface area contributed by atoms with E-state index in [4.69, 9.17) is 11.6 Å². The molecule has 0 spiro atoms. The summed E-state index contributed by atoms with van der Waals surface area (Å²) in [5.74, 6) is -0.489. The molecule has 0 saturated carbocycles. The van der Waals surface area contributed by atoms with Crippen LogP contribution < -0.4 is 5.32 Å². The number of carbonyl (C=O) groups is 1. The van der Waals surface area contributed by atoms with Gasteiger partial charge in [-0.25, -0.2) is 0 Å². The van der Waals surface area contributed by atoms with E-state index in [1.807, 2.05) is 32.0 Å². The summed E-state index contributed by atoms with van der Waals surface area (Å²) in [6, 6.07) is 9.07. The smallest absolute Gasteiger partial charge is 0.325 e. The quantitative estimate of drug-likeness (QED) is 0.696. The SMILES string of the molecule is Cc1ccc(SCC(=O)Nc2ccc(Cl)cc2C(F)(F)F)c(C)c1. The summed E-state index contributed by atoms with van der Waals surface area (Å²) < 4.78 is 39.0. The zero-order valence-corrected chi connectivity index (χ0v) is 14.6. The molecule has 24 heavy (non-hydrogen) atoms. The van der Waals surface area contributed by atoms with E-state index < -0.39 is 17.6 Å². The molecule has 128 valence electrons. The molecule has 7 heteroatoms. The minimum Gasteiger partial charge on any atom is -0.325 e. The summed E-state index contributed by atoms with van der Waals surface area (Å²) in [5.41, 5.74) is 0.880. The van der Waals surface area contributed by atoms with Gasteiger partial charge in [-0.3, -0.25) is 4.79 Å². The second-order valence-electron chi connectivity index (χ2n) is 5.29. The van der Waals surface area contributed by atoms with Crippen molar-refractivity contribution >= 4 is 35.0 Å². The highest BCUT2D eigenvalue weighted by Gasteiger charge is 2.34. The van der Waals surface area contributed by atoms with Crippen LogP contribution in [0.25, 0.3) is 0 Å². The molecule has 0 bridgehead atoms. The number of hydrogen-bond donors (Lipinski definition) is 1. The van der Waals surface area contributed by atoms with E-state index in [0.717, 1.165) is 28.2 Å². The lowest BCUT2D eigenvalue weighted by Crippen LogP contribution is -2.18. The Morgan fingerprint density at radius 2 is 1.88 bits per heavy atom. The average Bonchev–Trinajstić information content (AvgIpc) is 2.47. The number of anilines is 1. The third-order valence-corrected chi connectivity index (χ3v) is 4.66. The average molecular weight is 374 g/mol. The molecule has 0 radical (unpaired) electrons. The molecule has 2 aromatic rings. The molecule has 2 nitrogen and oxygen atoms in total. The van der Waals surface area contributed by atoms with Crippen LogP contribution >= 0.6 is 23.4 Å². The van der Waals surface area contributed by atoms with Gasteiger partial charge in [0.15, 0.2) is 0 Å². The largest absolute Gasteiger partial charge is 0.418 e. The third kappa shape index (κ3) is 4.92. The highest BCUT2D eigenvalue weighted by Crippen LogP contribution is 2.36. The Hall–Kier alpha value is -1.66. The number of nitrogens with one attached hydrogen (secondary N) is 1. The normalized spacial score (nSPS) is 11.4. The van der Waals surface area contributed by atoms with Gasteiger partial charge < -0.3 is 5.32 Å². The Kier molecular flexibility index (Phi) is 5.83. The van der Waals surface area contributed by atoms with Crippen molar-refractivity contribution in [2.24, 2.45) is 0 Å². The molecular formula is C17H15ClF3NOS. The second kappa shape index (κ2) is 7.49. The Morgan fingerprint density at radius 1 is 1.17 bits per heavy atom. The van der Waals surface area contributed by atoms with E-state index in [0.29, 0.717) is 0 Å². The first-order valence-electron chi connectivity index (χ1n) is 7.03. The lowest BCUT2D eigenvalue weighted by atomic mass is 10.1. The lowest BCUT2D eigenvalue weighted by molar-refractivity contribution is -0.137. The molecule has 0 aromatic heterocycles. The van der Waals surface area contributed by atoms with Crippen LogP contribution in [0.4, 0.5) is 18.9 Å². The van der Waals surface area contributed by atoms with Crippen molar-refractivity contribution in [1.82, 2.24) is 0 Å². The Balaban J connectivity index is 2.08. The van der Waals surface area contributed by atoms with E-state index in [2.05, 4.69) is 5.32 Å². The van der Waals surface area contributed by atoms with Crippen molar-refractivity contribution < 1.29 is 18.0 Å². The molecule has 0 aliphatic heterocycles. The van der Waals surface area contributed by atoms with Gasteiger partial charge in [-0.15, -0.1) is 11.8 Å². The first kappa shape index (κ1) is 18.7. The number of thioether (sulfide) groups is 1. The highest BCUT2D eigenvalue weighted by atomic mass is 35.5. The van der Waals surface area contributed by atoms with Crippen LogP contribution in [0, 0.1) is 13.8 Å². The summed E-state index contributed by atoms with van der Waals surface area (Å²) in [4.78, 5) is 12.9. The molecule has 0 atom stereocenters. The van der Waals surface area contributed by atoms with Crippen molar-refractivity contribution in [2.75, 3.05) is 11.1 Å². The van der Waals surface area contributed by atoms with E-state index in [1.165, 1.54) is 17.8 Å². The standard InChI is InChI=1S/C17H15ClF3NOS/c1-10-3-6-15(11(2)7-10)24-9-16(23)22-14-5-4-12(18)8-13(14)17(19,20)21/h3-8H,9H2,1-2H3,(H,22,23). The first-order chi connectivity index (χ1) is 11.2. The summed E-state index contributed by atoms with van der Waals surface area (Å²) in [7, 11) is 0. The van der Waals surface area contributed by atoms with Gasteiger partial charge in [-0.1, -0.05) is 29.3 Å². The summed E-state index contributed by atoms with van der Waals surface area (Å²) in [6.45, 7) is 3.89. The molecule has 2 rings (SSSR count). The first-order valence-corrected chi connectivity index (χ1v) is 8.40. The van der Waals surface area contributed by atoms with Crippen LogP contribution in [0.15, 0.2) is 41.3 Å². The highest BCUT2D eigenvalue weighted by molar-refractivity contribution is 8.00. The number of aryl methyl sites for hydroxylation is 2. The predicted molar refractivity (Wildman–Crippen MR) is 91.7 cm³/mol. The van der Waals surface area contributed by atoms with Crippen molar-refractivity contribution in [2.45, 2.75) is 24.9 Å². The Morgan fingerprint density at radius 3 is 2.50 bits per heavy atom. The maximum Gasteiger partial charge on any atom is 0.418 e. The van der Waals surface area contributed by atoms with E-state index in [-0.39, 0.29) is 16.5 Å². The van der Waals surface area contributed by atoms with E-state index in [1.54, 1.807) is 0 Å². The number of alkyl halides is 3. The van der Waals surface area contributed by atoms with E-state index >= 15 is 0 Å². The van der Waals surface area contributed by atoms with Gasteiger partial charge in [-0.2, -0.15) is 13.2 Å². The molecule has 0 fully saturated rings. The monoisotopic (exact) mass is 373 g/mol. The van der Waals surface area contributed by atoms with Gasteiger partial charge in [0, 0.05) is 9.92 Å². The zero-order chi connectivity index (χ0) is 17.9. The van der Waals surface area contributed by atoms with Crippen molar-refractivity contribution in [1.29, 1.82) is 0 Å². The van der Waals surface area contributed by atoms with Gasteiger partial charge in [0.1, 0.15) is 0 Å². The van der Waals surface area contributed by atoms with Crippen LogP contribution in [0.2, 0.25) is 5.02 Å². The minimum absolute atomic E-state index is 0.0177. The Labute approximate surface area is 147 Å². The number of halogens is 4. The molecule has 0 aliphatic rings. The molecule has 0 unspecified atom stereocenters. The third-order valence-electron chi connectivity index (χ3n) is 3.25. The number of amides is 1. The van der Waals surface area contributed by atoms with Crippen molar-refractivity contribution in [3.05, 3.63) is 58.1 Å². The van der Waals surface area contributed by atoms with Gasteiger partial charge in [-0.05, 0) is 43.7 Å². The fourth-order valence-corrected chi connectivity index (χ4v) is 3.13. The van der Waals surface area contributed by atoms with E-state index in [9.17, 15) is 18.0 Å². The minimum atomic E-state index is -4.59. The van der Waals surface area contributed by atoms with Crippen molar-refractivity contribution in [3.8, 4) is 0 Å². The molecule has 1 amide bonds. The maximum absolute atomic E-state index is 13.0. The Bertz CT molecular complexity index is 762. The molecular weight excluding hydrogens is 359 g/mol. The molecule has 1 N–H and O–H groups in total.